The van der Waals surface area contributed by atoms with Crippen LogP contribution in [0.4, 0.5) is 5.69 Å². The van der Waals surface area contributed by atoms with Crippen LogP contribution < -0.4 is 10.9 Å². The van der Waals surface area contributed by atoms with Gasteiger partial charge in [-0.15, -0.1) is 0 Å². The average molecular weight is 164 g/mol. The van der Waals surface area contributed by atoms with Crippen molar-refractivity contribution in [3.8, 4) is 0 Å². The molecule has 0 bridgehead atoms. The fourth-order valence-corrected chi connectivity index (χ4v) is 1.29. The third-order valence-corrected chi connectivity index (χ3v) is 1.91. The molecule has 4 nitrogen and oxygen atoms in total. The number of hydrogen-bond donors (Lipinski definition) is 2. The number of aromatic nitrogens is 1. The lowest BCUT2D eigenvalue weighted by Crippen LogP contribution is -2.21. The van der Waals surface area contributed by atoms with Crippen molar-refractivity contribution in [2.75, 3.05) is 5.32 Å². The number of carbonyl (C=O) groups is 1. The van der Waals surface area contributed by atoms with Gasteiger partial charge in [-0.1, -0.05) is 0 Å². The zero-order chi connectivity index (χ0) is 8.55. The van der Waals surface area contributed by atoms with Crippen molar-refractivity contribution >= 4 is 11.6 Å². The first-order valence-electron chi connectivity index (χ1n) is 3.77. The van der Waals surface area contributed by atoms with Crippen LogP contribution in [-0.4, -0.2) is 10.9 Å². The molecule has 0 spiro atoms. The van der Waals surface area contributed by atoms with Gasteiger partial charge in [0.1, 0.15) is 0 Å². The van der Waals surface area contributed by atoms with Gasteiger partial charge >= 0.3 is 0 Å². The molecule has 0 saturated carbocycles. The second-order valence-corrected chi connectivity index (χ2v) is 2.78. The van der Waals surface area contributed by atoms with Gasteiger partial charge in [0, 0.05) is 18.7 Å². The third kappa shape index (κ3) is 1.11. The maximum absolute atomic E-state index is 10.9. The van der Waals surface area contributed by atoms with Crippen molar-refractivity contribution in [3.05, 3.63) is 28.2 Å². The SMILES string of the molecule is O=C1CCc2c[nH]c(=O)cc2N1. The fraction of sp³-hybridized carbons (Fsp3) is 0.250. The molecule has 0 aliphatic carbocycles. The Morgan fingerprint density at radius 1 is 1.25 bits per heavy atom. The topological polar surface area (TPSA) is 62.0 Å². The Bertz CT molecular complexity index is 381. The number of carbonyl (C=O) groups excluding carboxylic acids is 1. The molecule has 1 aliphatic heterocycles. The number of aryl methyl sites for hydroxylation is 1. The van der Waals surface area contributed by atoms with E-state index in [4.69, 9.17) is 0 Å². The largest absolute Gasteiger partial charge is 0.329 e. The van der Waals surface area contributed by atoms with Gasteiger partial charge < -0.3 is 10.3 Å². The molecule has 2 N–H and O–H groups in total. The summed E-state index contributed by atoms with van der Waals surface area (Å²) in [5.41, 5.74) is 1.46. The van der Waals surface area contributed by atoms with E-state index in [2.05, 4.69) is 10.3 Å². The minimum absolute atomic E-state index is 0.0203. The molecule has 2 rings (SSSR count). The Hall–Kier alpha value is -1.58. The summed E-state index contributed by atoms with van der Waals surface area (Å²) in [7, 11) is 0. The Kier molecular flexibility index (Phi) is 1.46. The molecule has 62 valence electrons. The summed E-state index contributed by atoms with van der Waals surface area (Å²) in [6.45, 7) is 0. The maximum Gasteiger partial charge on any atom is 0.250 e. The summed E-state index contributed by atoms with van der Waals surface area (Å²) in [6.07, 6.45) is 2.86. The van der Waals surface area contributed by atoms with Crippen molar-refractivity contribution in [1.29, 1.82) is 0 Å². The van der Waals surface area contributed by atoms with Crippen LogP contribution in [0.5, 0.6) is 0 Å². The molecule has 1 amide bonds. The summed E-state index contributed by atoms with van der Waals surface area (Å²) < 4.78 is 0. The molecular formula is C8H8N2O2. The van der Waals surface area contributed by atoms with Gasteiger partial charge in [0.25, 0.3) is 0 Å². The van der Waals surface area contributed by atoms with E-state index >= 15 is 0 Å². The fourth-order valence-electron chi connectivity index (χ4n) is 1.29. The summed E-state index contributed by atoms with van der Waals surface area (Å²) in [4.78, 5) is 24.3. The lowest BCUT2D eigenvalue weighted by Gasteiger charge is -2.14. The molecular weight excluding hydrogens is 156 g/mol. The zero-order valence-electron chi connectivity index (χ0n) is 6.39. The van der Waals surface area contributed by atoms with Crippen molar-refractivity contribution in [3.63, 3.8) is 0 Å². The van der Waals surface area contributed by atoms with Crippen LogP contribution in [0, 0.1) is 0 Å². The van der Waals surface area contributed by atoms with Crippen molar-refractivity contribution < 1.29 is 4.79 Å². The van der Waals surface area contributed by atoms with Crippen LogP contribution in [0.15, 0.2) is 17.1 Å². The van der Waals surface area contributed by atoms with Crippen LogP contribution in [0.3, 0.4) is 0 Å². The Morgan fingerprint density at radius 3 is 2.92 bits per heavy atom. The number of rotatable bonds is 0. The van der Waals surface area contributed by atoms with Gasteiger partial charge in [0.2, 0.25) is 11.5 Å². The van der Waals surface area contributed by atoms with Crippen LogP contribution in [-0.2, 0) is 11.2 Å². The molecule has 0 fully saturated rings. The first-order chi connectivity index (χ1) is 5.75. The van der Waals surface area contributed by atoms with Crippen molar-refractivity contribution in [2.45, 2.75) is 12.8 Å². The first kappa shape index (κ1) is 7.09. The molecule has 12 heavy (non-hydrogen) atoms. The van der Waals surface area contributed by atoms with Crippen LogP contribution >= 0.6 is 0 Å². The number of aromatic amines is 1. The van der Waals surface area contributed by atoms with Crippen molar-refractivity contribution in [2.24, 2.45) is 0 Å². The number of H-pyrrole nitrogens is 1. The zero-order valence-corrected chi connectivity index (χ0v) is 6.39. The summed E-state index contributed by atoms with van der Waals surface area (Å²) in [5.74, 6) is -0.0203. The molecule has 0 radical (unpaired) electrons. The third-order valence-electron chi connectivity index (χ3n) is 1.91. The van der Waals surface area contributed by atoms with Crippen molar-refractivity contribution in [1.82, 2.24) is 4.98 Å². The van der Waals surface area contributed by atoms with E-state index < -0.39 is 0 Å². The molecule has 0 aromatic carbocycles. The minimum Gasteiger partial charge on any atom is -0.329 e. The van der Waals surface area contributed by atoms with E-state index in [1.807, 2.05) is 0 Å². The second-order valence-electron chi connectivity index (χ2n) is 2.78. The summed E-state index contributed by atoms with van der Waals surface area (Å²) in [6, 6.07) is 1.41. The number of fused-ring (bicyclic) bond motifs is 1. The predicted molar refractivity (Wildman–Crippen MR) is 44.0 cm³/mol. The van der Waals surface area contributed by atoms with Crippen LogP contribution in [0.25, 0.3) is 0 Å². The number of amides is 1. The highest BCUT2D eigenvalue weighted by Crippen LogP contribution is 2.18. The van der Waals surface area contributed by atoms with Crippen LogP contribution in [0.2, 0.25) is 0 Å². The number of hydrogen-bond acceptors (Lipinski definition) is 2. The Morgan fingerprint density at radius 2 is 2.08 bits per heavy atom. The lowest BCUT2D eigenvalue weighted by molar-refractivity contribution is -0.116. The van der Waals surface area contributed by atoms with E-state index in [0.29, 0.717) is 18.5 Å². The van der Waals surface area contributed by atoms with Gasteiger partial charge in [-0.2, -0.15) is 0 Å². The van der Waals surface area contributed by atoms with Crippen LogP contribution in [0.1, 0.15) is 12.0 Å². The molecule has 1 aliphatic rings. The summed E-state index contributed by atoms with van der Waals surface area (Å²) >= 11 is 0. The minimum atomic E-state index is -0.184. The molecule has 1 aromatic heterocycles. The first-order valence-corrected chi connectivity index (χ1v) is 3.77. The molecule has 2 heterocycles. The molecule has 4 heteroatoms. The molecule has 0 atom stereocenters. The van der Waals surface area contributed by atoms with E-state index in [9.17, 15) is 9.59 Å². The predicted octanol–water partition coefficient (Wildman–Crippen LogP) is 0.260. The number of nitrogens with one attached hydrogen (secondary N) is 2. The Labute approximate surface area is 68.6 Å². The van der Waals surface area contributed by atoms with Gasteiger partial charge in [-0.3, -0.25) is 9.59 Å². The monoisotopic (exact) mass is 164 g/mol. The average Bonchev–Trinajstić information content (AvgIpc) is 2.03. The highest BCUT2D eigenvalue weighted by Gasteiger charge is 2.14. The van der Waals surface area contributed by atoms with E-state index in [1.54, 1.807) is 6.20 Å². The summed E-state index contributed by atoms with van der Waals surface area (Å²) in [5, 5.41) is 2.64. The lowest BCUT2D eigenvalue weighted by atomic mass is 10.1. The molecule has 0 unspecified atom stereocenters. The van der Waals surface area contributed by atoms with Gasteiger partial charge in [0.15, 0.2) is 0 Å². The Balaban J connectivity index is 2.50. The quantitative estimate of drug-likeness (QED) is 0.577. The highest BCUT2D eigenvalue weighted by molar-refractivity contribution is 5.93. The standard InChI is InChI=1S/C8H8N2O2/c11-7-2-1-5-4-9-8(12)3-6(5)10-7/h3-4H,1-2H2,(H,9,12)(H,10,11). The van der Waals surface area contributed by atoms with Gasteiger partial charge in [0.05, 0.1) is 5.69 Å². The maximum atomic E-state index is 10.9. The normalized spacial score (nSPS) is 15.2. The smallest absolute Gasteiger partial charge is 0.250 e. The van der Waals surface area contributed by atoms with E-state index in [-0.39, 0.29) is 11.5 Å². The second kappa shape index (κ2) is 2.48. The van der Waals surface area contributed by atoms with Gasteiger partial charge in [-0.25, -0.2) is 0 Å². The molecule has 1 aromatic rings. The molecule has 0 saturated heterocycles. The van der Waals surface area contributed by atoms with E-state index in [1.165, 1.54) is 6.07 Å². The van der Waals surface area contributed by atoms with E-state index in [0.717, 1.165) is 5.56 Å². The van der Waals surface area contributed by atoms with Gasteiger partial charge in [-0.05, 0) is 12.0 Å². The number of pyridine rings is 1. The number of anilines is 1. The highest BCUT2D eigenvalue weighted by atomic mass is 16.1.